The minimum atomic E-state index is 0.196. The highest BCUT2D eigenvalue weighted by molar-refractivity contribution is 5.78. The number of hydrogen-bond donors (Lipinski definition) is 0. The lowest BCUT2D eigenvalue weighted by atomic mass is 9.75. The van der Waals surface area contributed by atoms with Crippen molar-refractivity contribution >= 4 is 11.6 Å². The van der Waals surface area contributed by atoms with Crippen LogP contribution in [0.15, 0.2) is 0 Å². The molecule has 0 aliphatic rings. The van der Waals surface area contributed by atoms with Gasteiger partial charge >= 0.3 is 0 Å². The minimum absolute atomic E-state index is 0.196. The van der Waals surface area contributed by atoms with Gasteiger partial charge in [0.2, 0.25) is 0 Å². The van der Waals surface area contributed by atoms with E-state index in [1.165, 1.54) is 0 Å². The van der Waals surface area contributed by atoms with Crippen LogP contribution in [-0.2, 0) is 9.59 Å². The van der Waals surface area contributed by atoms with Crippen molar-refractivity contribution in [1.82, 2.24) is 0 Å². The monoisotopic (exact) mass is 296 g/mol. The molecule has 0 aromatic heterocycles. The van der Waals surface area contributed by atoms with Gasteiger partial charge in [0.1, 0.15) is 11.6 Å². The van der Waals surface area contributed by atoms with Crippen LogP contribution in [0.2, 0.25) is 0 Å². The molecule has 0 rings (SSSR count). The second kappa shape index (κ2) is 11.0. The standard InChI is InChI=1S/C19H36O2/c1-6-11-17(20)14-10-8-9-13-16(19(3,4)5)15-18(21)12-7-2/h16H,6-15H2,1-5H3. The summed E-state index contributed by atoms with van der Waals surface area (Å²) in [5.41, 5.74) is 0.196. The zero-order valence-corrected chi connectivity index (χ0v) is 15.0. The molecule has 0 heterocycles. The van der Waals surface area contributed by atoms with Crippen molar-refractivity contribution in [3.05, 3.63) is 0 Å². The summed E-state index contributed by atoms with van der Waals surface area (Å²) in [6.45, 7) is 10.8. The topological polar surface area (TPSA) is 34.1 Å². The van der Waals surface area contributed by atoms with Crippen molar-refractivity contribution in [2.75, 3.05) is 0 Å². The quantitative estimate of drug-likeness (QED) is 0.431. The molecule has 0 amide bonds. The van der Waals surface area contributed by atoms with Crippen LogP contribution in [0.3, 0.4) is 0 Å². The summed E-state index contributed by atoms with van der Waals surface area (Å²) in [5, 5.41) is 0. The normalized spacial score (nSPS) is 13.2. The third kappa shape index (κ3) is 10.7. The number of ketones is 2. The van der Waals surface area contributed by atoms with Crippen LogP contribution in [-0.4, -0.2) is 11.6 Å². The van der Waals surface area contributed by atoms with Gasteiger partial charge in [0.05, 0.1) is 0 Å². The molecule has 21 heavy (non-hydrogen) atoms. The molecule has 1 unspecified atom stereocenters. The average molecular weight is 296 g/mol. The Morgan fingerprint density at radius 2 is 1.38 bits per heavy atom. The number of hydrogen-bond acceptors (Lipinski definition) is 2. The molecule has 124 valence electrons. The number of rotatable bonds is 12. The van der Waals surface area contributed by atoms with Crippen LogP contribution in [0.5, 0.6) is 0 Å². The molecule has 0 radical (unpaired) electrons. The Morgan fingerprint density at radius 3 is 1.90 bits per heavy atom. The highest BCUT2D eigenvalue weighted by Crippen LogP contribution is 2.33. The summed E-state index contributed by atoms with van der Waals surface area (Å²) in [7, 11) is 0. The third-order valence-corrected chi connectivity index (χ3v) is 4.26. The second-order valence-corrected chi connectivity index (χ2v) is 7.44. The van der Waals surface area contributed by atoms with Crippen LogP contribution < -0.4 is 0 Å². The van der Waals surface area contributed by atoms with E-state index >= 15 is 0 Å². The van der Waals surface area contributed by atoms with Crippen LogP contribution in [0, 0.1) is 11.3 Å². The molecule has 0 saturated heterocycles. The van der Waals surface area contributed by atoms with E-state index in [4.69, 9.17) is 0 Å². The summed E-state index contributed by atoms with van der Waals surface area (Å²) in [5.74, 6) is 1.29. The molecule has 2 nitrogen and oxygen atoms in total. The van der Waals surface area contributed by atoms with E-state index in [9.17, 15) is 9.59 Å². The predicted octanol–water partition coefficient (Wildman–Crippen LogP) is 5.73. The number of Topliss-reactive ketones (excluding diaryl/α,β-unsaturated/α-hetero) is 2. The molecule has 1 atom stereocenters. The van der Waals surface area contributed by atoms with Crippen LogP contribution in [0.25, 0.3) is 0 Å². The molecule has 0 saturated carbocycles. The van der Waals surface area contributed by atoms with Gasteiger partial charge in [-0.2, -0.15) is 0 Å². The maximum Gasteiger partial charge on any atom is 0.133 e. The Morgan fingerprint density at radius 1 is 0.810 bits per heavy atom. The predicted molar refractivity (Wildman–Crippen MR) is 90.5 cm³/mol. The first-order chi connectivity index (χ1) is 9.81. The smallest absolute Gasteiger partial charge is 0.133 e. The molecule has 0 aromatic rings. The van der Waals surface area contributed by atoms with Gasteiger partial charge in [-0.05, 0) is 37.0 Å². The van der Waals surface area contributed by atoms with Crippen molar-refractivity contribution < 1.29 is 9.59 Å². The fourth-order valence-electron chi connectivity index (χ4n) is 2.79. The van der Waals surface area contributed by atoms with Gasteiger partial charge in [0, 0.05) is 25.7 Å². The first kappa shape index (κ1) is 20.3. The largest absolute Gasteiger partial charge is 0.300 e. The number of unbranched alkanes of at least 4 members (excludes halogenated alkanes) is 2. The molecular weight excluding hydrogens is 260 g/mol. The fourth-order valence-corrected chi connectivity index (χ4v) is 2.79. The van der Waals surface area contributed by atoms with E-state index in [1.807, 2.05) is 0 Å². The average Bonchev–Trinajstić information content (AvgIpc) is 2.36. The van der Waals surface area contributed by atoms with Gasteiger partial charge in [-0.3, -0.25) is 9.59 Å². The molecule has 0 N–H and O–H groups in total. The van der Waals surface area contributed by atoms with Crippen LogP contribution >= 0.6 is 0 Å². The lowest BCUT2D eigenvalue weighted by molar-refractivity contribution is -0.121. The van der Waals surface area contributed by atoms with Gasteiger partial charge in [-0.1, -0.05) is 47.5 Å². The SMILES string of the molecule is CCCC(=O)CCCCCC(CC(=O)CCC)C(C)(C)C. The molecule has 0 aliphatic carbocycles. The first-order valence-corrected chi connectivity index (χ1v) is 8.84. The molecule has 0 spiro atoms. The van der Waals surface area contributed by atoms with E-state index in [2.05, 4.69) is 34.6 Å². The molecule has 0 fully saturated rings. The van der Waals surface area contributed by atoms with Gasteiger partial charge < -0.3 is 0 Å². The van der Waals surface area contributed by atoms with Crippen molar-refractivity contribution in [3.8, 4) is 0 Å². The summed E-state index contributed by atoms with van der Waals surface area (Å²) < 4.78 is 0. The lowest BCUT2D eigenvalue weighted by Gasteiger charge is -2.30. The van der Waals surface area contributed by atoms with Gasteiger partial charge in [0.25, 0.3) is 0 Å². The summed E-state index contributed by atoms with van der Waals surface area (Å²) in [4.78, 5) is 23.4. The molecular formula is C19H36O2. The summed E-state index contributed by atoms with van der Waals surface area (Å²) in [6.07, 6.45) is 9.22. The van der Waals surface area contributed by atoms with Crippen LogP contribution in [0.4, 0.5) is 0 Å². The maximum absolute atomic E-state index is 11.9. The number of carbonyl (C=O) groups excluding carboxylic acids is 2. The second-order valence-electron chi connectivity index (χ2n) is 7.44. The Kier molecular flexibility index (Phi) is 10.6. The highest BCUT2D eigenvalue weighted by atomic mass is 16.1. The molecule has 0 aliphatic heterocycles. The van der Waals surface area contributed by atoms with Gasteiger partial charge in [-0.25, -0.2) is 0 Å². The van der Waals surface area contributed by atoms with Gasteiger partial charge in [0.15, 0.2) is 0 Å². The zero-order chi connectivity index (χ0) is 16.3. The van der Waals surface area contributed by atoms with E-state index in [0.717, 1.165) is 64.2 Å². The fraction of sp³-hybridized carbons (Fsp3) is 0.895. The van der Waals surface area contributed by atoms with E-state index in [-0.39, 0.29) is 5.41 Å². The van der Waals surface area contributed by atoms with E-state index in [1.54, 1.807) is 0 Å². The summed E-state index contributed by atoms with van der Waals surface area (Å²) >= 11 is 0. The third-order valence-electron chi connectivity index (χ3n) is 4.26. The molecule has 2 heteroatoms. The van der Waals surface area contributed by atoms with E-state index < -0.39 is 0 Å². The number of carbonyl (C=O) groups is 2. The van der Waals surface area contributed by atoms with Crippen molar-refractivity contribution in [1.29, 1.82) is 0 Å². The maximum atomic E-state index is 11.9. The Bertz CT molecular complexity index is 299. The van der Waals surface area contributed by atoms with Gasteiger partial charge in [-0.15, -0.1) is 0 Å². The Hall–Kier alpha value is -0.660. The highest BCUT2D eigenvalue weighted by Gasteiger charge is 2.26. The Labute approximate surface area is 132 Å². The minimum Gasteiger partial charge on any atom is -0.300 e. The summed E-state index contributed by atoms with van der Waals surface area (Å²) in [6, 6.07) is 0. The molecule has 0 bridgehead atoms. The lowest BCUT2D eigenvalue weighted by Crippen LogP contribution is -2.23. The molecule has 0 aromatic carbocycles. The van der Waals surface area contributed by atoms with Crippen molar-refractivity contribution in [2.45, 2.75) is 98.8 Å². The van der Waals surface area contributed by atoms with Crippen molar-refractivity contribution in [3.63, 3.8) is 0 Å². The zero-order valence-electron chi connectivity index (χ0n) is 15.0. The Balaban J connectivity index is 4.03. The first-order valence-electron chi connectivity index (χ1n) is 8.84. The van der Waals surface area contributed by atoms with Crippen LogP contribution in [0.1, 0.15) is 98.8 Å². The van der Waals surface area contributed by atoms with E-state index in [0.29, 0.717) is 17.5 Å². The van der Waals surface area contributed by atoms with Crippen molar-refractivity contribution in [2.24, 2.45) is 11.3 Å².